The normalized spacial score (nSPS) is 18.6. The van der Waals surface area contributed by atoms with Gasteiger partial charge in [-0.25, -0.2) is 8.42 Å². The lowest BCUT2D eigenvalue weighted by molar-refractivity contribution is -0.142. The van der Waals surface area contributed by atoms with Gasteiger partial charge in [-0.15, -0.1) is 0 Å². The summed E-state index contributed by atoms with van der Waals surface area (Å²) in [6.07, 6.45) is 0. The molecule has 6 nitrogen and oxygen atoms in total. The highest BCUT2D eigenvalue weighted by atomic mass is 32.2. The molecule has 1 aliphatic heterocycles. The smallest absolute Gasteiger partial charge is 0.244 e. The fourth-order valence-corrected chi connectivity index (χ4v) is 5.32. The van der Waals surface area contributed by atoms with E-state index in [0.29, 0.717) is 17.7 Å². The van der Waals surface area contributed by atoms with Gasteiger partial charge in [-0.1, -0.05) is 24.3 Å². The van der Waals surface area contributed by atoms with Gasteiger partial charge in [-0.3, -0.25) is 4.79 Å². The van der Waals surface area contributed by atoms with Gasteiger partial charge in [0.15, 0.2) is 0 Å². The first-order valence-electron chi connectivity index (χ1n) is 8.05. The van der Waals surface area contributed by atoms with Crippen molar-refractivity contribution >= 4 is 26.7 Å². The van der Waals surface area contributed by atoms with E-state index in [1.165, 1.54) is 4.31 Å². The van der Waals surface area contributed by atoms with E-state index in [-0.39, 0.29) is 17.3 Å². The zero-order valence-electron chi connectivity index (χ0n) is 14.8. The monoisotopic (exact) mass is 362 g/mol. The molecule has 3 rings (SSSR count). The molecule has 2 aromatic carbocycles. The zero-order valence-corrected chi connectivity index (χ0v) is 15.6. The van der Waals surface area contributed by atoms with Crippen molar-refractivity contribution < 1.29 is 17.9 Å². The molecule has 0 aliphatic carbocycles. The first-order valence-corrected chi connectivity index (χ1v) is 9.49. The number of amides is 1. The molecule has 1 amide bonds. The molecule has 1 saturated heterocycles. The summed E-state index contributed by atoms with van der Waals surface area (Å²) in [5.74, 6) is 0.406. The number of carbonyl (C=O) groups is 1. The van der Waals surface area contributed by atoms with Gasteiger partial charge in [0.2, 0.25) is 15.9 Å². The predicted octanol–water partition coefficient (Wildman–Crippen LogP) is 2.09. The Hall–Kier alpha value is -2.12. The van der Waals surface area contributed by atoms with E-state index >= 15 is 0 Å². The molecule has 0 spiro atoms. The molecule has 7 heteroatoms. The molecule has 0 aromatic heterocycles. The summed E-state index contributed by atoms with van der Waals surface area (Å²) in [7, 11) is -0.602. The van der Waals surface area contributed by atoms with E-state index in [0.717, 1.165) is 5.39 Å². The van der Waals surface area contributed by atoms with E-state index in [1.807, 2.05) is 12.1 Å². The van der Waals surface area contributed by atoms with Crippen molar-refractivity contribution in [3.63, 3.8) is 0 Å². The molecule has 0 unspecified atom stereocenters. The van der Waals surface area contributed by atoms with Crippen molar-refractivity contribution in [3.8, 4) is 5.75 Å². The quantitative estimate of drug-likeness (QED) is 0.839. The maximum absolute atomic E-state index is 13.4. The minimum atomic E-state index is -3.85. The average molecular weight is 362 g/mol. The van der Waals surface area contributed by atoms with Gasteiger partial charge >= 0.3 is 0 Å². The lowest BCUT2D eigenvalue weighted by Crippen LogP contribution is -2.63. The number of fused-ring (bicyclic) bond motifs is 1. The summed E-state index contributed by atoms with van der Waals surface area (Å²) in [4.78, 5) is 14.3. The summed E-state index contributed by atoms with van der Waals surface area (Å²) in [5, 5.41) is 1.31. The third kappa shape index (κ3) is 2.67. The third-order valence-electron chi connectivity index (χ3n) is 4.76. The molecule has 0 atom stereocenters. The van der Waals surface area contributed by atoms with Gasteiger partial charge in [0.25, 0.3) is 0 Å². The molecule has 1 fully saturated rings. The fraction of sp³-hybridized carbons (Fsp3) is 0.389. The Kier molecular flexibility index (Phi) is 4.25. The van der Waals surface area contributed by atoms with Crippen LogP contribution in [0.4, 0.5) is 0 Å². The maximum atomic E-state index is 13.4. The van der Waals surface area contributed by atoms with Crippen LogP contribution in [-0.2, 0) is 14.8 Å². The number of sulfonamides is 1. The Morgan fingerprint density at radius 2 is 1.68 bits per heavy atom. The van der Waals surface area contributed by atoms with Gasteiger partial charge in [-0.05, 0) is 26.0 Å². The van der Waals surface area contributed by atoms with Gasteiger partial charge < -0.3 is 9.64 Å². The van der Waals surface area contributed by atoms with Crippen LogP contribution in [0.15, 0.2) is 41.3 Å². The first-order chi connectivity index (χ1) is 11.7. The highest BCUT2D eigenvalue weighted by molar-refractivity contribution is 7.89. The minimum Gasteiger partial charge on any atom is -0.496 e. The minimum absolute atomic E-state index is 0.189. The number of ether oxygens (including phenoxy) is 1. The number of hydrogen-bond acceptors (Lipinski definition) is 4. The number of carbonyl (C=O) groups excluding carboxylic acids is 1. The third-order valence-corrected chi connectivity index (χ3v) is 6.90. The number of hydrogen-bond donors (Lipinski definition) is 0. The summed E-state index contributed by atoms with van der Waals surface area (Å²) >= 11 is 0. The van der Waals surface area contributed by atoms with E-state index in [1.54, 1.807) is 57.2 Å². The first kappa shape index (κ1) is 17.7. The second-order valence-corrected chi connectivity index (χ2v) is 8.51. The highest BCUT2D eigenvalue weighted by Gasteiger charge is 2.47. The van der Waals surface area contributed by atoms with Crippen molar-refractivity contribution in [2.75, 3.05) is 27.2 Å². The number of methoxy groups -OCH3 is 1. The molecular formula is C18H22N2O4S. The standard InChI is InChI=1S/C18H22N2O4S/c1-18(2)17(21)19(3)11-12-20(18)25(22,23)16-10-9-15(24-4)13-7-5-6-8-14(13)16/h5-10H,11-12H2,1-4H3. The van der Waals surface area contributed by atoms with Crippen molar-refractivity contribution in [1.29, 1.82) is 0 Å². The Morgan fingerprint density at radius 1 is 1.04 bits per heavy atom. The molecular weight excluding hydrogens is 340 g/mol. The van der Waals surface area contributed by atoms with Gasteiger partial charge in [0.1, 0.15) is 11.3 Å². The second kappa shape index (κ2) is 6.00. The van der Waals surface area contributed by atoms with E-state index in [4.69, 9.17) is 4.74 Å². The molecule has 1 heterocycles. The molecule has 25 heavy (non-hydrogen) atoms. The Balaban J connectivity index is 2.19. The summed E-state index contributed by atoms with van der Waals surface area (Å²) in [5.41, 5.74) is -1.13. The van der Waals surface area contributed by atoms with Crippen LogP contribution in [0.25, 0.3) is 10.8 Å². The Bertz CT molecular complexity index is 937. The maximum Gasteiger partial charge on any atom is 0.244 e. The summed E-state index contributed by atoms with van der Waals surface area (Å²) in [6, 6.07) is 10.4. The van der Waals surface area contributed by atoms with Crippen molar-refractivity contribution in [3.05, 3.63) is 36.4 Å². The molecule has 0 bridgehead atoms. The number of nitrogens with zero attached hydrogens (tertiary/aromatic N) is 2. The number of piperazine rings is 1. The lowest BCUT2D eigenvalue weighted by atomic mass is 10.0. The van der Waals surface area contributed by atoms with E-state index in [2.05, 4.69) is 0 Å². The van der Waals surface area contributed by atoms with Crippen LogP contribution >= 0.6 is 0 Å². The van der Waals surface area contributed by atoms with Crippen LogP contribution in [0.5, 0.6) is 5.75 Å². The zero-order chi connectivity index (χ0) is 18.4. The van der Waals surface area contributed by atoms with E-state index in [9.17, 15) is 13.2 Å². The van der Waals surface area contributed by atoms with Gasteiger partial charge in [-0.2, -0.15) is 4.31 Å². The Labute approximate surface area is 148 Å². The Morgan fingerprint density at radius 3 is 2.32 bits per heavy atom. The van der Waals surface area contributed by atoms with Crippen LogP contribution in [0.2, 0.25) is 0 Å². The number of rotatable bonds is 3. The van der Waals surface area contributed by atoms with Gasteiger partial charge in [0.05, 0.1) is 12.0 Å². The molecule has 0 radical (unpaired) electrons. The summed E-state index contributed by atoms with van der Waals surface area (Å²) < 4.78 is 33.4. The largest absolute Gasteiger partial charge is 0.496 e. The van der Waals surface area contributed by atoms with Gasteiger partial charge in [0, 0.05) is 30.9 Å². The number of benzene rings is 2. The van der Waals surface area contributed by atoms with Crippen molar-refractivity contribution in [2.45, 2.75) is 24.3 Å². The van der Waals surface area contributed by atoms with Crippen molar-refractivity contribution in [2.24, 2.45) is 0 Å². The molecule has 134 valence electrons. The van der Waals surface area contributed by atoms with Crippen LogP contribution in [-0.4, -0.2) is 56.3 Å². The topological polar surface area (TPSA) is 66.9 Å². The lowest BCUT2D eigenvalue weighted by Gasteiger charge is -2.43. The van der Waals surface area contributed by atoms with Crippen LogP contribution in [0.1, 0.15) is 13.8 Å². The molecule has 0 saturated carbocycles. The highest BCUT2D eigenvalue weighted by Crippen LogP contribution is 2.35. The predicted molar refractivity (Wildman–Crippen MR) is 96.1 cm³/mol. The van der Waals surface area contributed by atoms with Crippen molar-refractivity contribution in [1.82, 2.24) is 9.21 Å². The molecule has 2 aromatic rings. The van der Waals surface area contributed by atoms with E-state index < -0.39 is 15.6 Å². The fourth-order valence-electron chi connectivity index (χ4n) is 3.38. The van der Waals surface area contributed by atoms with Crippen LogP contribution < -0.4 is 4.74 Å². The molecule has 0 N–H and O–H groups in total. The summed E-state index contributed by atoms with van der Waals surface area (Å²) in [6.45, 7) is 3.93. The number of likely N-dealkylation sites (N-methyl/N-ethyl adjacent to an activating group) is 1. The second-order valence-electron chi connectivity index (χ2n) is 6.67. The SMILES string of the molecule is COc1ccc(S(=O)(=O)N2CCN(C)C(=O)C2(C)C)c2ccccc12. The average Bonchev–Trinajstić information content (AvgIpc) is 2.58. The van der Waals surface area contributed by atoms with Crippen LogP contribution in [0.3, 0.4) is 0 Å². The van der Waals surface area contributed by atoms with Crippen LogP contribution in [0, 0.1) is 0 Å². The molecule has 1 aliphatic rings.